The van der Waals surface area contributed by atoms with Gasteiger partial charge in [-0.1, -0.05) is 46.8 Å². The molecule has 1 heterocycles. The van der Waals surface area contributed by atoms with Crippen molar-refractivity contribution in [1.82, 2.24) is 15.2 Å². The van der Waals surface area contributed by atoms with E-state index < -0.39 is 5.91 Å². The van der Waals surface area contributed by atoms with Gasteiger partial charge in [0.25, 0.3) is 11.8 Å². The van der Waals surface area contributed by atoms with E-state index in [-0.39, 0.29) is 28.1 Å². The Kier molecular flexibility index (Phi) is 9.57. The lowest BCUT2D eigenvalue weighted by Gasteiger charge is -2.28. The number of pyridine rings is 1. The highest BCUT2D eigenvalue weighted by Gasteiger charge is 2.24. The monoisotopic (exact) mass is 555 g/mol. The van der Waals surface area contributed by atoms with Gasteiger partial charge >= 0.3 is 0 Å². The Bertz CT molecular complexity index is 1460. The Hall–Kier alpha value is -4.22. The Balaban J connectivity index is 1.83. The van der Waals surface area contributed by atoms with E-state index in [0.29, 0.717) is 23.4 Å². The highest BCUT2D eigenvalue weighted by molar-refractivity contribution is 6.07. The number of nitrogens with zero attached hydrogens (tertiary/aromatic N) is 3. The summed E-state index contributed by atoms with van der Waals surface area (Å²) in [4.78, 5) is 32.8. The van der Waals surface area contributed by atoms with Crippen molar-refractivity contribution in [3.8, 4) is 22.9 Å². The van der Waals surface area contributed by atoms with Gasteiger partial charge in [-0.3, -0.25) is 14.6 Å². The van der Waals surface area contributed by atoms with E-state index in [1.165, 1.54) is 7.11 Å². The molecule has 8 heteroatoms. The number of aryl methyl sites for hydroxylation is 1. The number of carbonyl (C=O) groups excluding carboxylic acids is 2. The van der Waals surface area contributed by atoms with Crippen LogP contribution in [0.1, 0.15) is 72.2 Å². The van der Waals surface area contributed by atoms with Gasteiger partial charge in [0.1, 0.15) is 11.8 Å². The normalized spacial score (nSPS) is 11.6. The van der Waals surface area contributed by atoms with E-state index >= 15 is 0 Å². The lowest BCUT2D eigenvalue weighted by Crippen LogP contribution is -2.39. The number of carbonyl (C=O) groups is 2. The van der Waals surface area contributed by atoms with Gasteiger partial charge in [-0.25, -0.2) is 0 Å². The predicted molar refractivity (Wildman–Crippen MR) is 163 cm³/mol. The molecule has 2 aromatic carbocycles. The van der Waals surface area contributed by atoms with Crippen LogP contribution in [0.25, 0.3) is 11.1 Å². The van der Waals surface area contributed by atoms with Crippen molar-refractivity contribution in [2.75, 3.05) is 39.6 Å². The number of amides is 2. The van der Waals surface area contributed by atoms with Crippen LogP contribution < -0.4 is 15.4 Å². The van der Waals surface area contributed by atoms with Crippen LogP contribution in [-0.4, -0.2) is 56.0 Å². The van der Waals surface area contributed by atoms with Gasteiger partial charge in [0.2, 0.25) is 0 Å². The number of ether oxygens (including phenoxy) is 1. The van der Waals surface area contributed by atoms with E-state index in [2.05, 4.69) is 40.4 Å². The predicted octanol–water partition coefficient (Wildman–Crippen LogP) is 5.80. The van der Waals surface area contributed by atoms with E-state index in [0.717, 1.165) is 28.9 Å². The van der Waals surface area contributed by atoms with Gasteiger partial charge in [0.05, 0.1) is 30.1 Å². The first-order valence-corrected chi connectivity index (χ1v) is 13.6. The second-order valence-corrected chi connectivity index (χ2v) is 12.4. The molecule has 0 spiro atoms. The maximum absolute atomic E-state index is 13.4. The molecule has 0 atom stereocenters. The van der Waals surface area contributed by atoms with Crippen molar-refractivity contribution in [2.24, 2.45) is 5.41 Å². The summed E-state index contributed by atoms with van der Waals surface area (Å²) in [6.07, 6.45) is 1.60. The molecule has 2 amide bonds. The van der Waals surface area contributed by atoms with E-state index in [1.54, 1.807) is 30.5 Å². The number of methoxy groups -OCH3 is 1. The minimum Gasteiger partial charge on any atom is -0.495 e. The van der Waals surface area contributed by atoms with Crippen LogP contribution in [0.15, 0.2) is 48.7 Å². The number of benzene rings is 2. The third-order valence-electron chi connectivity index (χ3n) is 6.80. The zero-order valence-electron chi connectivity index (χ0n) is 25.6. The molecule has 2 N–H and O–H groups in total. The fourth-order valence-corrected chi connectivity index (χ4v) is 4.76. The smallest absolute Gasteiger partial charge is 0.259 e. The summed E-state index contributed by atoms with van der Waals surface area (Å²) in [6, 6.07) is 14.9. The van der Waals surface area contributed by atoms with Gasteiger partial charge in [-0.2, -0.15) is 5.26 Å². The fourth-order valence-electron chi connectivity index (χ4n) is 4.76. The SMILES string of the molecule is COc1c(C#N)cc(C(C)(C)C)cc1C(=O)Nc1cnc(C)c(-c2ccc(C(=O)NCC(C)(C)CN(C)C)cc2)c1. The molecule has 0 aliphatic rings. The molecule has 1 aromatic heterocycles. The van der Waals surface area contributed by atoms with Crippen LogP contribution >= 0.6 is 0 Å². The van der Waals surface area contributed by atoms with Crippen LogP contribution in [-0.2, 0) is 5.41 Å². The molecule has 3 rings (SSSR count). The number of hydrogen-bond donors (Lipinski definition) is 2. The summed E-state index contributed by atoms with van der Waals surface area (Å²) in [5, 5.41) is 15.6. The maximum Gasteiger partial charge on any atom is 0.259 e. The third kappa shape index (κ3) is 7.92. The Morgan fingerprint density at radius 2 is 1.68 bits per heavy atom. The number of hydrogen-bond acceptors (Lipinski definition) is 6. The van der Waals surface area contributed by atoms with Crippen molar-refractivity contribution in [3.63, 3.8) is 0 Å². The zero-order valence-corrected chi connectivity index (χ0v) is 25.6. The molecule has 0 aliphatic heterocycles. The molecule has 0 radical (unpaired) electrons. The molecule has 41 heavy (non-hydrogen) atoms. The fraction of sp³-hybridized carbons (Fsp3) is 0.394. The highest BCUT2D eigenvalue weighted by atomic mass is 16.5. The Morgan fingerprint density at radius 3 is 2.24 bits per heavy atom. The van der Waals surface area contributed by atoms with E-state index in [1.807, 2.05) is 60.0 Å². The van der Waals surface area contributed by atoms with Crippen LogP contribution in [0.4, 0.5) is 5.69 Å². The molecular formula is C33H41N5O3. The number of nitrogens with one attached hydrogen (secondary N) is 2. The summed E-state index contributed by atoms with van der Waals surface area (Å²) in [7, 11) is 5.49. The molecule has 0 unspecified atom stereocenters. The molecule has 216 valence electrons. The van der Waals surface area contributed by atoms with Gasteiger partial charge in [-0.15, -0.1) is 0 Å². The minimum absolute atomic E-state index is 0.0546. The van der Waals surface area contributed by atoms with Crippen LogP contribution in [0.3, 0.4) is 0 Å². The van der Waals surface area contributed by atoms with Gasteiger partial charge in [0.15, 0.2) is 0 Å². The average molecular weight is 556 g/mol. The lowest BCUT2D eigenvalue weighted by molar-refractivity contribution is 0.0928. The largest absolute Gasteiger partial charge is 0.495 e. The standard InChI is InChI=1S/C33H41N5O3/c1-21-27(22-10-12-23(13-11-22)30(39)36-19-33(5,6)20-38(7)8)16-26(18-35-21)37-31(40)28-15-25(32(2,3)4)14-24(17-34)29(28)41-9/h10-16,18H,19-20H2,1-9H3,(H,36,39)(H,37,40). The first kappa shape index (κ1) is 31.3. The lowest BCUT2D eigenvalue weighted by atomic mass is 9.84. The molecule has 0 bridgehead atoms. The Morgan fingerprint density at radius 1 is 1.02 bits per heavy atom. The topological polar surface area (TPSA) is 107 Å². The van der Waals surface area contributed by atoms with Crippen molar-refractivity contribution in [2.45, 2.75) is 47.0 Å². The van der Waals surface area contributed by atoms with E-state index in [9.17, 15) is 14.9 Å². The van der Waals surface area contributed by atoms with Gasteiger partial charge < -0.3 is 20.3 Å². The summed E-state index contributed by atoms with van der Waals surface area (Å²) in [5.41, 5.74) is 4.67. The number of nitriles is 1. The van der Waals surface area contributed by atoms with Crippen molar-refractivity contribution in [3.05, 3.63) is 76.6 Å². The van der Waals surface area contributed by atoms with Gasteiger partial charge in [0, 0.05) is 29.9 Å². The molecule has 0 fully saturated rings. The summed E-state index contributed by atoms with van der Waals surface area (Å²) in [5.74, 6) is -0.287. The van der Waals surface area contributed by atoms with Crippen LogP contribution in [0.2, 0.25) is 0 Å². The second kappa shape index (κ2) is 12.5. The molecule has 0 saturated carbocycles. The first-order chi connectivity index (χ1) is 19.1. The molecule has 0 saturated heterocycles. The summed E-state index contributed by atoms with van der Waals surface area (Å²) < 4.78 is 5.46. The van der Waals surface area contributed by atoms with Crippen molar-refractivity contribution >= 4 is 17.5 Å². The molecule has 0 aliphatic carbocycles. The van der Waals surface area contributed by atoms with Gasteiger partial charge in [-0.05, 0) is 73.3 Å². The quantitative estimate of drug-likeness (QED) is 0.345. The second-order valence-electron chi connectivity index (χ2n) is 12.4. The Labute approximate surface area is 243 Å². The number of aromatic nitrogens is 1. The van der Waals surface area contributed by atoms with Crippen LogP contribution in [0.5, 0.6) is 5.75 Å². The van der Waals surface area contributed by atoms with Crippen LogP contribution in [0, 0.1) is 23.7 Å². The maximum atomic E-state index is 13.4. The molecule has 3 aromatic rings. The molecular weight excluding hydrogens is 514 g/mol. The summed E-state index contributed by atoms with van der Waals surface area (Å²) in [6.45, 7) is 13.6. The summed E-state index contributed by atoms with van der Waals surface area (Å²) >= 11 is 0. The number of rotatable bonds is 9. The highest BCUT2D eigenvalue weighted by Crippen LogP contribution is 2.32. The van der Waals surface area contributed by atoms with Crippen molar-refractivity contribution < 1.29 is 14.3 Å². The third-order valence-corrected chi connectivity index (χ3v) is 6.80. The average Bonchev–Trinajstić information content (AvgIpc) is 2.90. The van der Waals surface area contributed by atoms with E-state index in [4.69, 9.17) is 4.74 Å². The van der Waals surface area contributed by atoms with Crippen molar-refractivity contribution in [1.29, 1.82) is 5.26 Å². The minimum atomic E-state index is -0.398. The zero-order chi connectivity index (χ0) is 30.5. The molecule has 8 nitrogen and oxygen atoms in total. The first-order valence-electron chi connectivity index (χ1n) is 13.6. The number of anilines is 1.